The summed E-state index contributed by atoms with van der Waals surface area (Å²) in [5, 5.41) is 0. The minimum absolute atomic E-state index is 0.664. The molecular weight excluding hydrogens is 224 g/mol. The fourth-order valence-corrected chi connectivity index (χ4v) is 2.14. The van der Waals surface area contributed by atoms with Gasteiger partial charge in [-0.15, -0.1) is 0 Å². The number of nitrogens with zero attached hydrogens (tertiary/aromatic N) is 1. The number of benzene rings is 1. The van der Waals surface area contributed by atoms with Gasteiger partial charge >= 0.3 is 0 Å². The van der Waals surface area contributed by atoms with E-state index < -0.39 is 0 Å². The zero-order valence-corrected chi connectivity index (χ0v) is 11.9. The van der Waals surface area contributed by atoms with Crippen LogP contribution in [0.5, 0.6) is 5.75 Å². The molecule has 0 saturated carbocycles. The van der Waals surface area contributed by atoms with Crippen molar-refractivity contribution in [3.63, 3.8) is 0 Å². The third-order valence-corrected chi connectivity index (χ3v) is 2.89. The highest BCUT2D eigenvalue weighted by Gasteiger charge is 2.10. The van der Waals surface area contributed by atoms with Gasteiger partial charge in [0.2, 0.25) is 0 Å². The summed E-state index contributed by atoms with van der Waals surface area (Å²) < 4.78 is 5.40. The molecule has 0 aliphatic carbocycles. The molecule has 0 amide bonds. The van der Waals surface area contributed by atoms with Crippen molar-refractivity contribution in [3.8, 4) is 5.75 Å². The lowest BCUT2D eigenvalue weighted by Gasteiger charge is -2.25. The van der Waals surface area contributed by atoms with Crippen molar-refractivity contribution in [2.75, 3.05) is 26.7 Å². The van der Waals surface area contributed by atoms with E-state index in [1.165, 1.54) is 5.56 Å². The van der Waals surface area contributed by atoms with Crippen LogP contribution in [-0.4, -0.2) is 31.6 Å². The third-order valence-electron chi connectivity index (χ3n) is 2.89. The van der Waals surface area contributed by atoms with Crippen LogP contribution in [0.3, 0.4) is 0 Å². The second kappa shape index (κ2) is 8.11. The van der Waals surface area contributed by atoms with E-state index in [2.05, 4.69) is 30.9 Å². The highest BCUT2D eigenvalue weighted by Crippen LogP contribution is 2.19. The van der Waals surface area contributed by atoms with Gasteiger partial charge in [0.15, 0.2) is 0 Å². The maximum atomic E-state index is 5.61. The Morgan fingerprint density at radius 2 is 2.00 bits per heavy atom. The molecule has 1 aromatic rings. The van der Waals surface area contributed by atoms with E-state index in [-0.39, 0.29) is 0 Å². The Morgan fingerprint density at radius 1 is 1.28 bits per heavy atom. The van der Waals surface area contributed by atoms with Gasteiger partial charge in [0.05, 0.1) is 7.11 Å². The summed E-state index contributed by atoms with van der Waals surface area (Å²) >= 11 is 0. The maximum Gasteiger partial charge on any atom is 0.123 e. The predicted molar refractivity (Wildman–Crippen MR) is 76.8 cm³/mol. The van der Waals surface area contributed by atoms with Crippen LogP contribution in [-0.2, 0) is 6.54 Å². The van der Waals surface area contributed by atoms with Crippen LogP contribution in [0.25, 0.3) is 0 Å². The van der Waals surface area contributed by atoms with Crippen LogP contribution >= 0.6 is 0 Å². The van der Waals surface area contributed by atoms with Crippen molar-refractivity contribution >= 4 is 0 Å². The second-order valence-electron chi connectivity index (χ2n) is 5.08. The maximum absolute atomic E-state index is 5.61. The molecule has 0 radical (unpaired) electrons. The van der Waals surface area contributed by atoms with Gasteiger partial charge in [-0.3, -0.25) is 4.90 Å². The SMILES string of the molecule is COc1ccccc1CN(CCCN)CC(C)C. The fraction of sp³-hybridized carbons (Fsp3) is 0.600. The van der Waals surface area contributed by atoms with E-state index in [4.69, 9.17) is 10.5 Å². The van der Waals surface area contributed by atoms with Crippen molar-refractivity contribution in [3.05, 3.63) is 29.8 Å². The number of para-hydroxylation sites is 1. The van der Waals surface area contributed by atoms with E-state index >= 15 is 0 Å². The Labute approximate surface area is 111 Å². The fourth-order valence-electron chi connectivity index (χ4n) is 2.14. The van der Waals surface area contributed by atoms with Crippen molar-refractivity contribution < 1.29 is 4.74 Å². The summed E-state index contributed by atoms with van der Waals surface area (Å²) in [5.41, 5.74) is 6.85. The number of ether oxygens (including phenoxy) is 1. The summed E-state index contributed by atoms with van der Waals surface area (Å²) in [7, 11) is 1.73. The molecule has 0 spiro atoms. The second-order valence-corrected chi connectivity index (χ2v) is 5.08. The average molecular weight is 250 g/mol. The molecule has 1 rings (SSSR count). The molecule has 0 aliphatic heterocycles. The number of hydrogen-bond donors (Lipinski definition) is 1. The molecule has 0 heterocycles. The monoisotopic (exact) mass is 250 g/mol. The highest BCUT2D eigenvalue weighted by molar-refractivity contribution is 5.33. The third kappa shape index (κ3) is 5.07. The first-order valence-corrected chi connectivity index (χ1v) is 6.71. The van der Waals surface area contributed by atoms with E-state index in [1.807, 2.05) is 12.1 Å². The highest BCUT2D eigenvalue weighted by atomic mass is 16.5. The molecule has 0 fully saturated rings. The number of rotatable bonds is 8. The Balaban J connectivity index is 2.68. The minimum atomic E-state index is 0.664. The van der Waals surface area contributed by atoms with E-state index in [9.17, 15) is 0 Å². The molecule has 3 nitrogen and oxygen atoms in total. The number of methoxy groups -OCH3 is 1. The van der Waals surface area contributed by atoms with Crippen molar-refractivity contribution in [2.24, 2.45) is 11.7 Å². The van der Waals surface area contributed by atoms with Gasteiger partial charge in [-0.2, -0.15) is 0 Å². The molecule has 2 N–H and O–H groups in total. The van der Waals surface area contributed by atoms with E-state index in [0.717, 1.165) is 38.3 Å². The zero-order chi connectivity index (χ0) is 13.4. The Morgan fingerprint density at radius 3 is 2.61 bits per heavy atom. The quantitative estimate of drug-likeness (QED) is 0.770. The van der Waals surface area contributed by atoms with Crippen LogP contribution in [0.15, 0.2) is 24.3 Å². The summed E-state index contributed by atoms with van der Waals surface area (Å²) in [4.78, 5) is 2.45. The van der Waals surface area contributed by atoms with E-state index in [0.29, 0.717) is 5.92 Å². The lowest BCUT2D eigenvalue weighted by atomic mass is 10.1. The van der Waals surface area contributed by atoms with Crippen LogP contribution in [0.4, 0.5) is 0 Å². The van der Waals surface area contributed by atoms with Crippen LogP contribution in [0, 0.1) is 5.92 Å². The zero-order valence-electron chi connectivity index (χ0n) is 11.9. The lowest BCUT2D eigenvalue weighted by molar-refractivity contribution is 0.231. The van der Waals surface area contributed by atoms with Gasteiger partial charge in [0.1, 0.15) is 5.75 Å². The van der Waals surface area contributed by atoms with Crippen LogP contribution in [0.2, 0.25) is 0 Å². The largest absolute Gasteiger partial charge is 0.496 e. The van der Waals surface area contributed by atoms with Crippen molar-refractivity contribution in [1.29, 1.82) is 0 Å². The molecule has 0 aliphatic rings. The summed E-state index contributed by atoms with van der Waals surface area (Å²) in [6.07, 6.45) is 1.04. The van der Waals surface area contributed by atoms with Gasteiger partial charge in [-0.05, 0) is 31.5 Å². The lowest BCUT2D eigenvalue weighted by Crippen LogP contribution is -2.29. The Kier molecular flexibility index (Phi) is 6.76. The first kappa shape index (κ1) is 15.0. The molecule has 0 saturated heterocycles. The summed E-state index contributed by atoms with van der Waals surface area (Å²) in [5.74, 6) is 1.64. The Hall–Kier alpha value is -1.06. The molecule has 0 aromatic heterocycles. The molecule has 18 heavy (non-hydrogen) atoms. The van der Waals surface area contributed by atoms with E-state index in [1.54, 1.807) is 7.11 Å². The molecule has 0 bridgehead atoms. The topological polar surface area (TPSA) is 38.5 Å². The molecule has 1 aromatic carbocycles. The van der Waals surface area contributed by atoms with Crippen LogP contribution < -0.4 is 10.5 Å². The number of hydrogen-bond acceptors (Lipinski definition) is 3. The molecule has 3 heteroatoms. The molecule has 0 atom stereocenters. The normalized spacial score (nSPS) is 11.2. The predicted octanol–water partition coefficient (Wildman–Crippen LogP) is 2.50. The first-order valence-electron chi connectivity index (χ1n) is 6.71. The van der Waals surface area contributed by atoms with Crippen molar-refractivity contribution in [1.82, 2.24) is 4.90 Å². The standard InChI is InChI=1S/C15H26N2O/c1-13(2)11-17(10-6-9-16)12-14-7-4-5-8-15(14)18-3/h4-5,7-8,13H,6,9-12,16H2,1-3H3. The molecule has 102 valence electrons. The Bertz CT molecular complexity index is 339. The molecule has 0 unspecified atom stereocenters. The van der Waals surface area contributed by atoms with Gasteiger partial charge < -0.3 is 10.5 Å². The summed E-state index contributed by atoms with van der Waals surface area (Å²) in [6.45, 7) is 8.32. The van der Waals surface area contributed by atoms with Gasteiger partial charge in [0.25, 0.3) is 0 Å². The van der Waals surface area contributed by atoms with Crippen LogP contribution in [0.1, 0.15) is 25.8 Å². The van der Waals surface area contributed by atoms with Gasteiger partial charge in [-0.1, -0.05) is 32.0 Å². The van der Waals surface area contributed by atoms with Gasteiger partial charge in [0, 0.05) is 18.7 Å². The summed E-state index contributed by atoms with van der Waals surface area (Å²) in [6, 6.07) is 8.23. The van der Waals surface area contributed by atoms with Gasteiger partial charge in [-0.25, -0.2) is 0 Å². The van der Waals surface area contributed by atoms with Crippen molar-refractivity contribution in [2.45, 2.75) is 26.8 Å². The first-order chi connectivity index (χ1) is 8.67. The molecular formula is C15H26N2O. The minimum Gasteiger partial charge on any atom is -0.496 e. The smallest absolute Gasteiger partial charge is 0.123 e. The average Bonchev–Trinajstić information content (AvgIpc) is 2.36. The number of nitrogens with two attached hydrogens (primary N) is 1.